The summed E-state index contributed by atoms with van der Waals surface area (Å²) in [6.45, 7) is 0.466. The molecule has 1 heterocycles. The van der Waals surface area contributed by atoms with E-state index in [2.05, 4.69) is 5.32 Å². The number of aromatic nitrogens is 1. The van der Waals surface area contributed by atoms with Gasteiger partial charge in [0.15, 0.2) is 0 Å². The van der Waals surface area contributed by atoms with Gasteiger partial charge in [-0.3, -0.25) is 4.79 Å². The second-order valence-electron chi connectivity index (χ2n) is 4.30. The van der Waals surface area contributed by atoms with Crippen LogP contribution in [0, 0.1) is 0 Å². The number of rotatable bonds is 4. The number of amides is 1. The Labute approximate surface area is 112 Å². The van der Waals surface area contributed by atoms with Gasteiger partial charge in [-0.1, -0.05) is 12.1 Å². The van der Waals surface area contributed by atoms with Gasteiger partial charge in [-0.05, 0) is 23.8 Å². The molecule has 0 radical (unpaired) electrons. The Kier molecular flexibility index (Phi) is 3.75. The molecule has 0 saturated heterocycles. The molecular weight excluding hydrogens is 242 g/mol. The highest BCUT2D eigenvalue weighted by molar-refractivity contribution is 5.93. The first-order chi connectivity index (χ1) is 9.10. The lowest BCUT2D eigenvalue weighted by molar-refractivity contribution is 0.0943. The minimum absolute atomic E-state index is 0.144. The summed E-state index contributed by atoms with van der Waals surface area (Å²) in [5.74, 6) is 0.653. The van der Waals surface area contributed by atoms with Crippen LogP contribution < -0.4 is 15.8 Å². The van der Waals surface area contributed by atoms with Gasteiger partial charge < -0.3 is 20.4 Å². The first-order valence-electron chi connectivity index (χ1n) is 5.93. The molecule has 0 atom stereocenters. The van der Waals surface area contributed by atoms with Crippen molar-refractivity contribution in [3.63, 3.8) is 0 Å². The average Bonchev–Trinajstić information content (AvgIpc) is 2.75. The fraction of sp³-hybridized carbons (Fsp3) is 0.214. The molecule has 0 aliphatic carbocycles. The fourth-order valence-corrected chi connectivity index (χ4v) is 1.83. The molecule has 19 heavy (non-hydrogen) atoms. The van der Waals surface area contributed by atoms with Crippen LogP contribution in [-0.2, 0) is 13.6 Å². The molecule has 0 bridgehead atoms. The van der Waals surface area contributed by atoms with Crippen molar-refractivity contribution < 1.29 is 9.53 Å². The molecule has 1 aromatic heterocycles. The number of nitrogens with one attached hydrogen (secondary N) is 1. The molecule has 2 rings (SSSR count). The van der Waals surface area contributed by atoms with Crippen molar-refractivity contribution >= 4 is 11.6 Å². The zero-order valence-electron chi connectivity index (χ0n) is 11.0. The van der Waals surface area contributed by atoms with Crippen molar-refractivity contribution in [3.8, 4) is 5.75 Å². The molecule has 0 aliphatic rings. The number of ether oxygens (including phenoxy) is 1. The summed E-state index contributed by atoms with van der Waals surface area (Å²) in [7, 11) is 3.41. The predicted molar refractivity (Wildman–Crippen MR) is 74.0 cm³/mol. The molecule has 5 nitrogen and oxygen atoms in total. The number of anilines is 1. The number of nitrogens with zero attached hydrogens (tertiary/aromatic N) is 1. The maximum Gasteiger partial charge on any atom is 0.268 e. The zero-order chi connectivity index (χ0) is 13.8. The molecule has 2 aromatic rings. The van der Waals surface area contributed by atoms with Gasteiger partial charge in [-0.15, -0.1) is 0 Å². The van der Waals surface area contributed by atoms with Crippen LogP contribution in [0.5, 0.6) is 5.75 Å². The fourth-order valence-electron chi connectivity index (χ4n) is 1.83. The SMILES string of the molecule is COc1ccc(CNC(=O)c2cc(N)cn2C)cc1. The van der Waals surface area contributed by atoms with Gasteiger partial charge in [0, 0.05) is 19.8 Å². The van der Waals surface area contributed by atoms with Crippen LogP contribution >= 0.6 is 0 Å². The van der Waals surface area contributed by atoms with E-state index in [9.17, 15) is 4.79 Å². The quantitative estimate of drug-likeness (QED) is 0.875. The maximum atomic E-state index is 12.0. The number of carbonyl (C=O) groups excluding carboxylic acids is 1. The first-order valence-corrected chi connectivity index (χ1v) is 5.93. The van der Waals surface area contributed by atoms with E-state index in [0.29, 0.717) is 17.9 Å². The summed E-state index contributed by atoms with van der Waals surface area (Å²) in [6.07, 6.45) is 1.71. The topological polar surface area (TPSA) is 69.3 Å². The van der Waals surface area contributed by atoms with Crippen molar-refractivity contribution in [2.45, 2.75) is 6.54 Å². The van der Waals surface area contributed by atoms with E-state index >= 15 is 0 Å². The third-order valence-electron chi connectivity index (χ3n) is 2.87. The molecule has 0 spiro atoms. The van der Waals surface area contributed by atoms with Gasteiger partial charge in [0.25, 0.3) is 5.91 Å². The minimum Gasteiger partial charge on any atom is -0.497 e. The number of hydrogen-bond donors (Lipinski definition) is 2. The van der Waals surface area contributed by atoms with E-state index in [1.54, 1.807) is 31.0 Å². The lowest BCUT2D eigenvalue weighted by atomic mass is 10.2. The summed E-state index contributed by atoms with van der Waals surface area (Å²) in [5, 5.41) is 2.85. The van der Waals surface area contributed by atoms with Crippen LogP contribution in [-0.4, -0.2) is 17.6 Å². The summed E-state index contributed by atoms with van der Waals surface area (Å²) < 4.78 is 6.79. The molecular formula is C14H17N3O2. The number of carbonyl (C=O) groups is 1. The van der Waals surface area contributed by atoms with Gasteiger partial charge in [-0.25, -0.2) is 0 Å². The summed E-state index contributed by atoms with van der Waals surface area (Å²) in [4.78, 5) is 12.0. The number of nitrogen functional groups attached to an aromatic ring is 1. The van der Waals surface area contributed by atoms with Crippen LogP contribution in [0.25, 0.3) is 0 Å². The van der Waals surface area contributed by atoms with Gasteiger partial charge in [-0.2, -0.15) is 0 Å². The van der Waals surface area contributed by atoms with Gasteiger partial charge >= 0.3 is 0 Å². The molecule has 5 heteroatoms. The summed E-state index contributed by atoms with van der Waals surface area (Å²) >= 11 is 0. The van der Waals surface area contributed by atoms with Crippen LogP contribution in [0.4, 0.5) is 5.69 Å². The van der Waals surface area contributed by atoms with Crippen molar-refractivity contribution in [2.75, 3.05) is 12.8 Å². The number of nitrogens with two attached hydrogens (primary N) is 1. The molecule has 1 amide bonds. The highest BCUT2D eigenvalue weighted by Crippen LogP contribution is 2.12. The Morgan fingerprint density at radius 1 is 1.37 bits per heavy atom. The van der Waals surface area contributed by atoms with Crippen molar-refractivity contribution in [3.05, 3.63) is 47.8 Å². The second kappa shape index (κ2) is 5.48. The normalized spacial score (nSPS) is 10.2. The van der Waals surface area contributed by atoms with Gasteiger partial charge in [0.05, 0.1) is 12.8 Å². The standard InChI is InChI=1S/C14H17N3O2/c1-17-9-11(15)7-13(17)14(18)16-8-10-3-5-12(19-2)6-4-10/h3-7,9H,8,15H2,1-2H3,(H,16,18). The maximum absolute atomic E-state index is 12.0. The largest absolute Gasteiger partial charge is 0.497 e. The van der Waals surface area contributed by atoms with Crippen LogP contribution in [0.2, 0.25) is 0 Å². The van der Waals surface area contributed by atoms with Gasteiger partial charge in [0.1, 0.15) is 11.4 Å². The van der Waals surface area contributed by atoms with E-state index in [1.807, 2.05) is 24.3 Å². The molecule has 0 fully saturated rings. The van der Waals surface area contributed by atoms with Crippen molar-refractivity contribution in [2.24, 2.45) is 7.05 Å². The molecule has 1 aromatic carbocycles. The van der Waals surface area contributed by atoms with Crippen LogP contribution in [0.15, 0.2) is 36.5 Å². The van der Waals surface area contributed by atoms with E-state index in [1.165, 1.54) is 0 Å². The molecule has 0 unspecified atom stereocenters. The molecule has 0 aliphatic heterocycles. The van der Waals surface area contributed by atoms with Crippen molar-refractivity contribution in [1.29, 1.82) is 0 Å². The molecule has 100 valence electrons. The van der Waals surface area contributed by atoms with E-state index in [-0.39, 0.29) is 5.91 Å². The minimum atomic E-state index is -0.144. The Balaban J connectivity index is 1.98. The second-order valence-corrected chi connectivity index (χ2v) is 4.30. The van der Waals surface area contributed by atoms with E-state index in [4.69, 9.17) is 10.5 Å². The summed E-state index contributed by atoms with van der Waals surface area (Å²) in [5.41, 5.74) is 7.78. The van der Waals surface area contributed by atoms with Crippen LogP contribution in [0.3, 0.4) is 0 Å². The van der Waals surface area contributed by atoms with E-state index < -0.39 is 0 Å². The molecule has 0 saturated carbocycles. The smallest absolute Gasteiger partial charge is 0.268 e. The third kappa shape index (κ3) is 3.07. The number of aryl methyl sites for hydroxylation is 1. The Bertz CT molecular complexity index is 573. The van der Waals surface area contributed by atoms with Crippen molar-refractivity contribution in [1.82, 2.24) is 9.88 Å². The predicted octanol–water partition coefficient (Wildman–Crippen LogP) is 1.55. The van der Waals surface area contributed by atoms with E-state index in [0.717, 1.165) is 11.3 Å². The Hall–Kier alpha value is -2.43. The van der Waals surface area contributed by atoms with Crippen LogP contribution in [0.1, 0.15) is 16.1 Å². The number of hydrogen-bond acceptors (Lipinski definition) is 3. The lowest BCUT2D eigenvalue weighted by Gasteiger charge is -2.07. The highest BCUT2D eigenvalue weighted by atomic mass is 16.5. The number of benzene rings is 1. The number of methoxy groups -OCH3 is 1. The zero-order valence-corrected chi connectivity index (χ0v) is 11.0. The average molecular weight is 259 g/mol. The third-order valence-corrected chi connectivity index (χ3v) is 2.87. The Morgan fingerprint density at radius 2 is 2.05 bits per heavy atom. The monoisotopic (exact) mass is 259 g/mol. The lowest BCUT2D eigenvalue weighted by Crippen LogP contribution is -2.24. The first kappa shape index (κ1) is 13.0. The summed E-state index contributed by atoms with van der Waals surface area (Å²) in [6, 6.07) is 9.21. The Morgan fingerprint density at radius 3 is 2.58 bits per heavy atom. The van der Waals surface area contributed by atoms with Gasteiger partial charge in [0.2, 0.25) is 0 Å². The molecule has 3 N–H and O–H groups in total. The highest BCUT2D eigenvalue weighted by Gasteiger charge is 2.10.